The zero-order chi connectivity index (χ0) is 13.4. The Bertz CT molecular complexity index is 442. The number of nitrogens with zero attached hydrogens (tertiary/aromatic N) is 1. The molecule has 0 saturated carbocycles. The van der Waals surface area contributed by atoms with Crippen LogP contribution < -0.4 is 5.56 Å². The average Bonchev–Trinajstić information content (AvgIpc) is 2.35. The highest BCUT2D eigenvalue weighted by molar-refractivity contribution is 7.98. The Balaban J connectivity index is 2.44. The van der Waals surface area contributed by atoms with Gasteiger partial charge >= 0.3 is 5.97 Å². The largest absolute Gasteiger partial charge is 0.478 e. The number of hydrogen-bond donors (Lipinski definition) is 1. The van der Waals surface area contributed by atoms with Crippen molar-refractivity contribution in [2.45, 2.75) is 32.2 Å². The summed E-state index contributed by atoms with van der Waals surface area (Å²) in [6.45, 7) is 0.596. The van der Waals surface area contributed by atoms with Gasteiger partial charge in [-0.1, -0.05) is 12.8 Å². The Morgan fingerprint density at radius 2 is 2.00 bits per heavy atom. The van der Waals surface area contributed by atoms with Crippen LogP contribution in [0.25, 0.3) is 0 Å². The summed E-state index contributed by atoms with van der Waals surface area (Å²) in [6, 6.07) is 2.66. The smallest absolute Gasteiger partial charge is 0.337 e. The summed E-state index contributed by atoms with van der Waals surface area (Å²) in [7, 11) is 0. The van der Waals surface area contributed by atoms with Gasteiger partial charge in [0.25, 0.3) is 5.56 Å². The zero-order valence-electron chi connectivity index (χ0n) is 10.6. The molecule has 0 amide bonds. The predicted octanol–water partition coefficient (Wildman–Crippen LogP) is 2.47. The van der Waals surface area contributed by atoms with Gasteiger partial charge in [0.2, 0.25) is 0 Å². The average molecular weight is 269 g/mol. The van der Waals surface area contributed by atoms with Crippen molar-refractivity contribution in [3.63, 3.8) is 0 Å². The first-order valence-electron chi connectivity index (χ1n) is 6.08. The second-order valence-corrected chi connectivity index (χ2v) is 5.15. The van der Waals surface area contributed by atoms with Gasteiger partial charge in [-0.05, 0) is 30.9 Å². The lowest BCUT2D eigenvalue weighted by Crippen LogP contribution is -2.20. The summed E-state index contributed by atoms with van der Waals surface area (Å²) in [5.74, 6) is 0.178. The predicted molar refractivity (Wildman–Crippen MR) is 74.5 cm³/mol. The quantitative estimate of drug-likeness (QED) is 0.736. The first-order valence-corrected chi connectivity index (χ1v) is 7.47. The molecule has 18 heavy (non-hydrogen) atoms. The second kappa shape index (κ2) is 7.97. The molecule has 0 fully saturated rings. The van der Waals surface area contributed by atoms with Crippen LogP contribution in [0.15, 0.2) is 23.1 Å². The van der Waals surface area contributed by atoms with Crippen molar-refractivity contribution in [2.75, 3.05) is 12.0 Å². The summed E-state index contributed by atoms with van der Waals surface area (Å²) in [5.41, 5.74) is 0.0288. The van der Waals surface area contributed by atoms with E-state index in [1.54, 1.807) is 0 Å². The zero-order valence-corrected chi connectivity index (χ0v) is 11.4. The fourth-order valence-electron chi connectivity index (χ4n) is 1.71. The van der Waals surface area contributed by atoms with Gasteiger partial charge in [0, 0.05) is 18.8 Å². The molecule has 0 aromatic carbocycles. The molecule has 0 saturated heterocycles. The minimum Gasteiger partial charge on any atom is -0.478 e. The lowest BCUT2D eigenvalue weighted by molar-refractivity contribution is 0.0696. The number of rotatable bonds is 8. The van der Waals surface area contributed by atoms with E-state index in [1.165, 1.54) is 35.1 Å². The monoisotopic (exact) mass is 269 g/mol. The summed E-state index contributed by atoms with van der Waals surface area (Å²) in [4.78, 5) is 22.3. The Kier molecular flexibility index (Phi) is 6.57. The maximum atomic E-state index is 11.5. The molecule has 5 heteroatoms. The van der Waals surface area contributed by atoms with Crippen LogP contribution in [-0.4, -0.2) is 27.7 Å². The van der Waals surface area contributed by atoms with Gasteiger partial charge in [-0.3, -0.25) is 4.79 Å². The minimum atomic E-state index is -0.997. The molecule has 0 aliphatic heterocycles. The van der Waals surface area contributed by atoms with E-state index in [0.29, 0.717) is 6.54 Å². The molecular weight excluding hydrogens is 250 g/mol. The SMILES string of the molecule is CSCCCCCCn1cc(C(=O)O)ccc1=O. The third-order valence-corrected chi connectivity index (χ3v) is 3.42. The van der Waals surface area contributed by atoms with Gasteiger partial charge in [-0.2, -0.15) is 11.8 Å². The van der Waals surface area contributed by atoms with Gasteiger partial charge in [-0.15, -0.1) is 0 Å². The maximum absolute atomic E-state index is 11.5. The number of unbranched alkanes of at least 4 members (excludes halogenated alkanes) is 3. The van der Waals surface area contributed by atoms with Crippen LogP contribution in [0.2, 0.25) is 0 Å². The van der Waals surface area contributed by atoms with E-state index in [4.69, 9.17) is 5.11 Å². The van der Waals surface area contributed by atoms with Crippen LogP contribution in [0.5, 0.6) is 0 Å². The van der Waals surface area contributed by atoms with Gasteiger partial charge in [-0.25, -0.2) is 4.79 Å². The number of carboxylic acid groups (broad SMARTS) is 1. The van der Waals surface area contributed by atoms with Crippen molar-refractivity contribution in [1.82, 2.24) is 4.57 Å². The van der Waals surface area contributed by atoms with E-state index in [9.17, 15) is 9.59 Å². The normalized spacial score (nSPS) is 10.5. The van der Waals surface area contributed by atoms with E-state index in [1.807, 2.05) is 11.8 Å². The second-order valence-electron chi connectivity index (χ2n) is 4.16. The molecule has 4 nitrogen and oxygen atoms in total. The number of aryl methyl sites for hydroxylation is 1. The van der Waals surface area contributed by atoms with E-state index >= 15 is 0 Å². The van der Waals surface area contributed by atoms with Crippen molar-refractivity contribution >= 4 is 17.7 Å². The lowest BCUT2D eigenvalue weighted by atomic mass is 10.2. The number of carbonyl (C=O) groups is 1. The van der Waals surface area contributed by atoms with Crippen molar-refractivity contribution in [3.05, 3.63) is 34.2 Å². The van der Waals surface area contributed by atoms with Crippen molar-refractivity contribution in [1.29, 1.82) is 0 Å². The Morgan fingerprint density at radius 3 is 2.67 bits per heavy atom. The third kappa shape index (κ3) is 4.96. The lowest BCUT2D eigenvalue weighted by Gasteiger charge is -2.06. The first-order chi connectivity index (χ1) is 8.65. The standard InChI is InChI=1S/C13H19NO3S/c1-18-9-5-3-2-4-8-14-10-11(13(16)17)6-7-12(14)15/h6-7,10H,2-5,8-9H2,1H3,(H,16,17). The van der Waals surface area contributed by atoms with E-state index in [-0.39, 0.29) is 11.1 Å². The van der Waals surface area contributed by atoms with Crippen LogP contribution in [0, 0.1) is 0 Å². The van der Waals surface area contributed by atoms with Crippen LogP contribution in [0.3, 0.4) is 0 Å². The van der Waals surface area contributed by atoms with Crippen molar-refractivity contribution < 1.29 is 9.90 Å². The van der Waals surface area contributed by atoms with Gasteiger partial charge in [0.15, 0.2) is 0 Å². The number of carboxylic acids is 1. The van der Waals surface area contributed by atoms with E-state index in [0.717, 1.165) is 19.3 Å². The summed E-state index contributed by atoms with van der Waals surface area (Å²) < 4.78 is 1.48. The van der Waals surface area contributed by atoms with Crippen molar-refractivity contribution in [3.8, 4) is 0 Å². The van der Waals surface area contributed by atoms with Crippen molar-refractivity contribution in [2.24, 2.45) is 0 Å². The first kappa shape index (κ1) is 14.8. The molecule has 1 N–H and O–H groups in total. The van der Waals surface area contributed by atoms with Gasteiger partial charge < -0.3 is 9.67 Å². The Hall–Kier alpha value is -1.23. The number of thioether (sulfide) groups is 1. The Labute approximate surface area is 111 Å². The highest BCUT2D eigenvalue weighted by atomic mass is 32.2. The molecule has 1 rings (SSSR count). The van der Waals surface area contributed by atoms with E-state index in [2.05, 4.69) is 6.26 Å². The number of aromatic carboxylic acids is 1. The molecular formula is C13H19NO3S. The molecule has 0 atom stereocenters. The van der Waals surface area contributed by atoms with Gasteiger partial charge in [0.05, 0.1) is 5.56 Å². The molecule has 0 unspecified atom stereocenters. The fraction of sp³-hybridized carbons (Fsp3) is 0.538. The number of hydrogen-bond acceptors (Lipinski definition) is 3. The number of aromatic nitrogens is 1. The molecule has 0 aliphatic rings. The van der Waals surface area contributed by atoms with Crippen LogP contribution in [-0.2, 0) is 6.54 Å². The molecule has 0 radical (unpaired) electrons. The highest BCUT2D eigenvalue weighted by Crippen LogP contribution is 2.05. The van der Waals surface area contributed by atoms with E-state index < -0.39 is 5.97 Å². The topological polar surface area (TPSA) is 59.3 Å². The third-order valence-electron chi connectivity index (χ3n) is 2.73. The molecule has 0 aliphatic carbocycles. The fourth-order valence-corrected chi connectivity index (χ4v) is 2.21. The molecule has 1 heterocycles. The summed E-state index contributed by atoms with van der Waals surface area (Å²) in [6.07, 6.45) is 7.87. The summed E-state index contributed by atoms with van der Waals surface area (Å²) >= 11 is 1.84. The van der Waals surface area contributed by atoms with Gasteiger partial charge in [0.1, 0.15) is 0 Å². The molecule has 0 bridgehead atoms. The Morgan fingerprint density at radius 1 is 1.28 bits per heavy atom. The van der Waals surface area contributed by atoms with Crippen LogP contribution >= 0.6 is 11.8 Å². The minimum absolute atomic E-state index is 0.135. The van der Waals surface area contributed by atoms with Crippen LogP contribution in [0.4, 0.5) is 0 Å². The van der Waals surface area contributed by atoms with Crippen LogP contribution in [0.1, 0.15) is 36.0 Å². The maximum Gasteiger partial charge on any atom is 0.337 e. The highest BCUT2D eigenvalue weighted by Gasteiger charge is 2.04. The summed E-state index contributed by atoms with van der Waals surface area (Å²) in [5, 5.41) is 8.85. The molecule has 100 valence electrons. The molecule has 1 aromatic heterocycles. The molecule has 1 aromatic rings. The number of pyridine rings is 1. The molecule has 0 spiro atoms.